The van der Waals surface area contributed by atoms with Gasteiger partial charge in [0.15, 0.2) is 5.96 Å². The van der Waals surface area contributed by atoms with Crippen molar-refractivity contribution in [2.24, 2.45) is 16.5 Å². The number of benzene rings is 2. The SMILES string of the molecule is NC(N)=Nc1ccc2c(c1)CCCCc1c(cccc1C(=O)NCCS(=O)(=O)O)OC2=O. The number of aryl methyl sites for hydroxylation is 1. The average molecular weight is 461 g/mol. The fourth-order valence-electron chi connectivity index (χ4n) is 3.50. The van der Waals surface area contributed by atoms with Crippen molar-refractivity contribution in [3.63, 3.8) is 0 Å². The van der Waals surface area contributed by atoms with Gasteiger partial charge in [-0.1, -0.05) is 6.07 Å². The predicted molar refractivity (Wildman–Crippen MR) is 119 cm³/mol. The Balaban J connectivity index is 1.88. The Labute approximate surface area is 185 Å². The van der Waals surface area contributed by atoms with Gasteiger partial charge in [-0.3, -0.25) is 9.35 Å². The van der Waals surface area contributed by atoms with Crippen molar-refractivity contribution in [1.82, 2.24) is 5.32 Å². The summed E-state index contributed by atoms with van der Waals surface area (Å²) in [6.45, 7) is -0.243. The summed E-state index contributed by atoms with van der Waals surface area (Å²) in [5.74, 6) is -1.49. The smallest absolute Gasteiger partial charge is 0.343 e. The standard InChI is InChI=1S/C21H24N4O6S/c22-21(23)25-14-8-9-15-13(12-14)4-1-2-5-16-17(6-3-7-18(16)31-20(15)27)19(26)24-10-11-32(28,29)30/h3,6-9,12H,1-2,4-5,10-11H2,(H,24,26)(H4,22,23,25)(H,28,29,30). The molecule has 2 aromatic rings. The van der Waals surface area contributed by atoms with Crippen LogP contribution in [-0.2, 0) is 23.0 Å². The van der Waals surface area contributed by atoms with Gasteiger partial charge in [-0.15, -0.1) is 0 Å². The number of rotatable bonds is 5. The molecule has 6 N–H and O–H groups in total. The van der Waals surface area contributed by atoms with E-state index in [2.05, 4.69) is 10.3 Å². The normalized spacial score (nSPS) is 13.8. The van der Waals surface area contributed by atoms with Crippen LogP contribution in [0.3, 0.4) is 0 Å². The molecule has 1 heterocycles. The van der Waals surface area contributed by atoms with E-state index >= 15 is 0 Å². The highest BCUT2D eigenvalue weighted by Crippen LogP contribution is 2.29. The predicted octanol–water partition coefficient (Wildman–Crippen LogP) is 1.31. The van der Waals surface area contributed by atoms with Crippen molar-refractivity contribution in [3.05, 3.63) is 58.7 Å². The highest BCUT2D eigenvalue weighted by molar-refractivity contribution is 7.85. The van der Waals surface area contributed by atoms with Crippen LogP contribution >= 0.6 is 0 Å². The van der Waals surface area contributed by atoms with Crippen LogP contribution in [0.4, 0.5) is 5.69 Å². The molecule has 10 nitrogen and oxygen atoms in total. The third-order valence-corrected chi connectivity index (χ3v) is 5.64. The maximum Gasteiger partial charge on any atom is 0.343 e. The molecule has 0 radical (unpaired) electrons. The van der Waals surface area contributed by atoms with Gasteiger partial charge >= 0.3 is 5.97 Å². The fourth-order valence-corrected chi connectivity index (χ4v) is 3.86. The van der Waals surface area contributed by atoms with Gasteiger partial charge in [-0.05, 0) is 61.6 Å². The van der Waals surface area contributed by atoms with E-state index in [-0.39, 0.29) is 23.8 Å². The Hall–Kier alpha value is -3.44. The lowest BCUT2D eigenvalue weighted by molar-refractivity contribution is 0.0729. The van der Waals surface area contributed by atoms with Gasteiger partial charge in [-0.2, -0.15) is 8.42 Å². The molecule has 1 aliphatic rings. The highest BCUT2D eigenvalue weighted by atomic mass is 32.2. The summed E-state index contributed by atoms with van der Waals surface area (Å²) in [4.78, 5) is 29.5. The molecule has 0 fully saturated rings. The highest BCUT2D eigenvalue weighted by Gasteiger charge is 2.22. The number of amides is 1. The Morgan fingerprint density at radius 1 is 1.16 bits per heavy atom. The van der Waals surface area contributed by atoms with Gasteiger partial charge in [0.1, 0.15) is 5.75 Å². The van der Waals surface area contributed by atoms with Crippen molar-refractivity contribution in [2.45, 2.75) is 25.7 Å². The first-order valence-corrected chi connectivity index (χ1v) is 11.5. The first-order valence-electron chi connectivity index (χ1n) is 9.94. The second-order valence-corrected chi connectivity index (χ2v) is 8.87. The van der Waals surface area contributed by atoms with E-state index in [0.717, 1.165) is 12.0 Å². The summed E-state index contributed by atoms with van der Waals surface area (Å²) in [6, 6.07) is 9.74. The Morgan fingerprint density at radius 3 is 2.62 bits per heavy atom. The number of esters is 1. The molecule has 0 aromatic heterocycles. The Bertz CT molecular complexity index is 1170. The van der Waals surface area contributed by atoms with Gasteiger partial charge in [0.05, 0.1) is 17.0 Å². The number of nitrogens with zero attached hydrogens (tertiary/aromatic N) is 1. The molecule has 1 amide bonds. The van der Waals surface area contributed by atoms with E-state index in [4.69, 9.17) is 20.8 Å². The molecule has 0 atom stereocenters. The van der Waals surface area contributed by atoms with E-state index in [9.17, 15) is 18.0 Å². The summed E-state index contributed by atoms with van der Waals surface area (Å²) in [6.07, 6.45) is 2.53. The number of hydrogen-bond donors (Lipinski definition) is 4. The van der Waals surface area contributed by atoms with Gasteiger partial charge < -0.3 is 21.5 Å². The zero-order valence-electron chi connectivity index (χ0n) is 17.2. The quantitative estimate of drug-likeness (QED) is 0.170. The van der Waals surface area contributed by atoms with Crippen LogP contribution in [0.2, 0.25) is 0 Å². The molecule has 11 heteroatoms. The summed E-state index contributed by atoms with van der Waals surface area (Å²) < 4.78 is 36.2. The van der Waals surface area contributed by atoms with Crippen molar-refractivity contribution >= 4 is 33.6 Å². The minimum Gasteiger partial charge on any atom is -0.423 e. The number of aliphatic imine (C=N–C) groups is 1. The number of carbonyl (C=O) groups is 2. The molecule has 0 saturated heterocycles. The van der Waals surface area contributed by atoms with E-state index in [0.29, 0.717) is 36.1 Å². The topological polar surface area (TPSA) is 174 Å². The van der Waals surface area contributed by atoms with Gasteiger partial charge in [0.25, 0.3) is 16.0 Å². The first-order chi connectivity index (χ1) is 15.1. The summed E-state index contributed by atoms with van der Waals surface area (Å²) >= 11 is 0. The van der Waals surface area contributed by atoms with Crippen molar-refractivity contribution in [3.8, 4) is 5.75 Å². The summed E-state index contributed by atoms with van der Waals surface area (Å²) in [5.41, 5.74) is 13.4. The molecule has 3 rings (SSSR count). The number of ether oxygens (including phenoxy) is 1. The Morgan fingerprint density at radius 2 is 1.91 bits per heavy atom. The summed E-state index contributed by atoms with van der Waals surface area (Å²) in [5, 5.41) is 2.47. The van der Waals surface area contributed by atoms with Gasteiger partial charge in [-0.25, -0.2) is 9.79 Å². The van der Waals surface area contributed by atoms with E-state index in [1.165, 1.54) is 0 Å². The Kier molecular flexibility index (Phi) is 7.11. The van der Waals surface area contributed by atoms with Crippen LogP contribution in [0.1, 0.15) is 44.7 Å². The zero-order valence-corrected chi connectivity index (χ0v) is 18.0. The van der Waals surface area contributed by atoms with E-state index in [1.54, 1.807) is 36.4 Å². The van der Waals surface area contributed by atoms with Crippen molar-refractivity contribution in [2.75, 3.05) is 12.3 Å². The summed E-state index contributed by atoms with van der Waals surface area (Å²) in [7, 11) is -4.19. The second-order valence-electron chi connectivity index (χ2n) is 7.30. The zero-order chi connectivity index (χ0) is 23.3. The molecule has 1 aliphatic heterocycles. The number of carbonyl (C=O) groups excluding carboxylic acids is 2. The monoisotopic (exact) mass is 460 g/mol. The van der Waals surface area contributed by atoms with Crippen LogP contribution in [0.25, 0.3) is 0 Å². The van der Waals surface area contributed by atoms with Crippen LogP contribution in [0.15, 0.2) is 41.4 Å². The van der Waals surface area contributed by atoms with E-state index in [1.807, 2.05) is 0 Å². The van der Waals surface area contributed by atoms with Crippen LogP contribution in [0, 0.1) is 0 Å². The minimum atomic E-state index is -4.19. The molecule has 0 saturated carbocycles. The molecule has 2 aromatic carbocycles. The third-order valence-electron chi connectivity index (χ3n) is 4.92. The number of guanidine groups is 1. The van der Waals surface area contributed by atoms with Crippen LogP contribution in [0.5, 0.6) is 5.75 Å². The minimum absolute atomic E-state index is 0.0799. The molecule has 0 bridgehead atoms. The lowest BCUT2D eigenvalue weighted by atomic mass is 9.95. The number of nitrogens with two attached hydrogens (primary N) is 2. The molecule has 0 spiro atoms. The van der Waals surface area contributed by atoms with Crippen LogP contribution in [-0.4, -0.2) is 43.1 Å². The fraction of sp³-hybridized carbons (Fsp3) is 0.286. The molecule has 0 unspecified atom stereocenters. The second kappa shape index (κ2) is 9.79. The van der Waals surface area contributed by atoms with Crippen molar-refractivity contribution < 1.29 is 27.3 Å². The molecule has 170 valence electrons. The van der Waals surface area contributed by atoms with Gasteiger partial charge in [0.2, 0.25) is 0 Å². The largest absolute Gasteiger partial charge is 0.423 e. The maximum atomic E-state index is 12.9. The molecule has 32 heavy (non-hydrogen) atoms. The maximum absolute atomic E-state index is 12.9. The van der Waals surface area contributed by atoms with Crippen molar-refractivity contribution in [1.29, 1.82) is 0 Å². The van der Waals surface area contributed by atoms with Gasteiger partial charge in [0, 0.05) is 17.7 Å². The number of fused-ring (bicyclic) bond motifs is 2. The third kappa shape index (κ3) is 6.05. The van der Waals surface area contributed by atoms with E-state index < -0.39 is 27.7 Å². The molecule has 0 aliphatic carbocycles. The van der Waals surface area contributed by atoms with Crippen LogP contribution < -0.4 is 21.5 Å². The number of hydrogen-bond acceptors (Lipinski definition) is 6. The lowest BCUT2D eigenvalue weighted by Gasteiger charge is -2.18. The first kappa shape index (κ1) is 23.2. The molecular weight excluding hydrogens is 436 g/mol. The molecular formula is C21H24N4O6S. The average Bonchev–Trinajstić information content (AvgIpc) is 2.70. The number of nitrogens with one attached hydrogen (secondary N) is 1. The lowest BCUT2D eigenvalue weighted by Crippen LogP contribution is -2.30.